The fourth-order valence-corrected chi connectivity index (χ4v) is 3.24. The molecular weight excluding hydrogens is 414 g/mol. The van der Waals surface area contributed by atoms with Gasteiger partial charge in [0.15, 0.2) is 0 Å². The highest BCUT2D eigenvalue weighted by atomic mass is 35.5. The highest BCUT2D eigenvalue weighted by molar-refractivity contribution is 6.31. The van der Waals surface area contributed by atoms with Gasteiger partial charge in [-0.1, -0.05) is 37.1 Å². The van der Waals surface area contributed by atoms with Gasteiger partial charge in [-0.3, -0.25) is 14.3 Å². The van der Waals surface area contributed by atoms with Gasteiger partial charge in [-0.05, 0) is 49.8 Å². The van der Waals surface area contributed by atoms with Gasteiger partial charge in [0.2, 0.25) is 5.91 Å². The minimum Gasteiger partial charge on any atom is -0.322 e. The van der Waals surface area contributed by atoms with Crippen molar-refractivity contribution in [1.82, 2.24) is 14.8 Å². The van der Waals surface area contributed by atoms with Crippen molar-refractivity contribution in [2.75, 3.05) is 10.6 Å². The fraction of sp³-hybridized carbons (Fsp3) is 0.217. The quantitative estimate of drug-likeness (QED) is 0.488. The Morgan fingerprint density at radius 2 is 2.00 bits per heavy atom. The normalized spacial score (nSPS) is 10.9. The lowest BCUT2D eigenvalue weighted by Gasteiger charge is -2.07. The summed E-state index contributed by atoms with van der Waals surface area (Å²) in [5.41, 5.74) is 2.39. The third-order valence-electron chi connectivity index (χ3n) is 4.53. The first-order chi connectivity index (χ1) is 15.0. The first kappa shape index (κ1) is 22.2. The third kappa shape index (κ3) is 6.02. The van der Waals surface area contributed by atoms with E-state index in [4.69, 9.17) is 11.6 Å². The number of aryl methyl sites for hydroxylation is 2. The van der Waals surface area contributed by atoms with Crippen molar-refractivity contribution in [2.24, 2.45) is 0 Å². The number of hydrogen-bond acceptors (Lipinski definition) is 4. The third-order valence-corrected chi connectivity index (χ3v) is 4.93. The number of halogens is 1. The molecule has 7 nitrogen and oxygen atoms in total. The molecule has 0 unspecified atom stereocenters. The molecule has 0 aliphatic carbocycles. The molecule has 0 aliphatic rings. The van der Waals surface area contributed by atoms with Crippen LogP contribution in [0.3, 0.4) is 0 Å². The molecule has 0 fully saturated rings. The molecule has 0 aliphatic heterocycles. The molecule has 0 saturated carbocycles. The van der Waals surface area contributed by atoms with E-state index < -0.39 is 0 Å². The summed E-state index contributed by atoms with van der Waals surface area (Å²) < 4.78 is 1.75. The molecular formula is C23H24ClN5O2. The van der Waals surface area contributed by atoms with Crippen LogP contribution in [0.2, 0.25) is 5.15 Å². The molecule has 0 bridgehead atoms. The number of unbranched alkanes of at least 4 members (excludes halogenated alkanes) is 1. The Morgan fingerprint density at radius 3 is 2.74 bits per heavy atom. The van der Waals surface area contributed by atoms with Crippen LogP contribution in [-0.2, 0) is 11.3 Å². The summed E-state index contributed by atoms with van der Waals surface area (Å²) in [4.78, 5) is 28.9. The van der Waals surface area contributed by atoms with E-state index in [9.17, 15) is 9.59 Å². The Kier molecular flexibility index (Phi) is 7.56. The zero-order valence-corrected chi connectivity index (χ0v) is 18.2. The number of nitrogens with zero attached hydrogens (tertiary/aromatic N) is 3. The summed E-state index contributed by atoms with van der Waals surface area (Å²) in [6.07, 6.45) is 6.68. The first-order valence-electron chi connectivity index (χ1n) is 10.0. The molecule has 2 heterocycles. The monoisotopic (exact) mass is 437 g/mol. The van der Waals surface area contributed by atoms with Crippen molar-refractivity contribution in [3.05, 3.63) is 76.7 Å². The maximum Gasteiger partial charge on any atom is 0.256 e. The lowest BCUT2D eigenvalue weighted by molar-refractivity contribution is -0.111. The van der Waals surface area contributed by atoms with E-state index in [0.717, 1.165) is 30.6 Å². The van der Waals surface area contributed by atoms with Crippen LogP contribution in [-0.4, -0.2) is 26.6 Å². The largest absolute Gasteiger partial charge is 0.322 e. The molecule has 31 heavy (non-hydrogen) atoms. The van der Waals surface area contributed by atoms with Gasteiger partial charge >= 0.3 is 0 Å². The Morgan fingerprint density at radius 1 is 1.16 bits per heavy atom. The van der Waals surface area contributed by atoms with Crippen LogP contribution in [0.15, 0.2) is 54.7 Å². The summed E-state index contributed by atoms with van der Waals surface area (Å²) in [5, 5.41) is 10.4. The average molecular weight is 438 g/mol. The predicted octanol–water partition coefficient (Wildman–Crippen LogP) is 4.94. The maximum absolute atomic E-state index is 12.4. The minimum atomic E-state index is -0.334. The zero-order chi connectivity index (χ0) is 22.2. The van der Waals surface area contributed by atoms with E-state index in [1.807, 2.05) is 6.92 Å². The molecule has 2 aromatic heterocycles. The van der Waals surface area contributed by atoms with Crippen molar-refractivity contribution in [3.63, 3.8) is 0 Å². The number of rotatable bonds is 8. The van der Waals surface area contributed by atoms with Crippen molar-refractivity contribution >= 4 is 41.0 Å². The number of amides is 2. The van der Waals surface area contributed by atoms with Gasteiger partial charge in [0.1, 0.15) is 11.0 Å². The van der Waals surface area contributed by atoms with Gasteiger partial charge in [-0.15, -0.1) is 0 Å². The molecule has 0 atom stereocenters. The number of anilines is 2. The van der Waals surface area contributed by atoms with E-state index in [-0.39, 0.29) is 11.8 Å². The highest BCUT2D eigenvalue weighted by Crippen LogP contribution is 2.22. The van der Waals surface area contributed by atoms with Crippen LogP contribution in [0.25, 0.3) is 6.08 Å². The van der Waals surface area contributed by atoms with Gasteiger partial charge in [0.25, 0.3) is 5.91 Å². The SMILES string of the molecule is CCCCn1nc(C)c(/C=C/C(=O)Nc2cccc(C(=O)Nc3ccccn3)c2)c1Cl. The van der Waals surface area contributed by atoms with Crippen LogP contribution < -0.4 is 10.6 Å². The van der Waals surface area contributed by atoms with E-state index in [0.29, 0.717) is 22.2 Å². The van der Waals surface area contributed by atoms with Gasteiger partial charge in [0.05, 0.1) is 5.69 Å². The van der Waals surface area contributed by atoms with Crippen molar-refractivity contribution in [3.8, 4) is 0 Å². The molecule has 160 valence electrons. The Balaban J connectivity index is 1.65. The molecule has 8 heteroatoms. The predicted molar refractivity (Wildman–Crippen MR) is 123 cm³/mol. The van der Waals surface area contributed by atoms with Crippen LogP contribution in [0.1, 0.15) is 41.4 Å². The van der Waals surface area contributed by atoms with Gasteiger partial charge < -0.3 is 10.6 Å². The van der Waals surface area contributed by atoms with Crippen LogP contribution in [0.4, 0.5) is 11.5 Å². The molecule has 0 radical (unpaired) electrons. The van der Waals surface area contributed by atoms with Crippen LogP contribution in [0, 0.1) is 6.92 Å². The van der Waals surface area contributed by atoms with Gasteiger partial charge in [-0.2, -0.15) is 5.10 Å². The molecule has 0 saturated heterocycles. The second-order valence-electron chi connectivity index (χ2n) is 6.94. The summed E-state index contributed by atoms with van der Waals surface area (Å²) in [7, 11) is 0. The summed E-state index contributed by atoms with van der Waals surface area (Å²) in [5.74, 6) is -0.192. The van der Waals surface area contributed by atoms with E-state index in [1.54, 1.807) is 59.4 Å². The highest BCUT2D eigenvalue weighted by Gasteiger charge is 2.12. The first-order valence-corrected chi connectivity index (χ1v) is 10.4. The Hall–Kier alpha value is -3.45. The van der Waals surface area contributed by atoms with E-state index in [1.165, 1.54) is 6.08 Å². The van der Waals surface area contributed by atoms with E-state index in [2.05, 4.69) is 27.6 Å². The van der Waals surface area contributed by atoms with Crippen LogP contribution in [0.5, 0.6) is 0 Å². The number of carbonyl (C=O) groups excluding carboxylic acids is 2. The summed E-state index contributed by atoms with van der Waals surface area (Å²) in [6.45, 7) is 4.70. The number of hydrogen-bond donors (Lipinski definition) is 2. The molecule has 2 N–H and O–H groups in total. The smallest absolute Gasteiger partial charge is 0.256 e. The van der Waals surface area contributed by atoms with Crippen LogP contribution >= 0.6 is 11.6 Å². The van der Waals surface area contributed by atoms with E-state index >= 15 is 0 Å². The summed E-state index contributed by atoms with van der Waals surface area (Å²) in [6, 6.07) is 11.9. The number of pyridine rings is 1. The topological polar surface area (TPSA) is 88.9 Å². The number of aromatic nitrogens is 3. The molecule has 1 aromatic carbocycles. The second kappa shape index (κ2) is 10.5. The van der Waals surface area contributed by atoms with Crippen molar-refractivity contribution in [2.45, 2.75) is 33.2 Å². The van der Waals surface area contributed by atoms with Gasteiger partial charge in [-0.25, -0.2) is 4.98 Å². The standard InChI is InChI=1S/C23H24ClN5O2/c1-3-4-14-29-22(24)19(16(2)28-29)11-12-21(30)26-18-9-7-8-17(15-18)23(31)27-20-10-5-6-13-25-20/h5-13,15H,3-4,14H2,1-2H3,(H,26,30)(H,25,27,31)/b12-11+. The lowest BCUT2D eigenvalue weighted by atomic mass is 10.2. The molecule has 0 spiro atoms. The van der Waals surface area contributed by atoms with Gasteiger partial charge in [0, 0.05) is 35.6 Å². The number of carbonyl (C=O) groups is 2. The maximum atomic E-state index is 12.4. The van der Waals surface area contributed by atoms with Crippen molar-refractivity contribution < 1.29 is 9.59 Å². The lowest BCUT2D eigenvalue weighted by Crippen LogP contribution is -2.14. The minimum absolute atomic E-state index is 0.313. The fourth-order valence-electron chi connectivity index (χ4n) is 2.92. The summed E-state index contributed by atoms with van der Waals surface area (Å²) >= 11 is 6.40. The molecule has 3 rings (SSSR count). The molecule has 2 amide bonds. The zero-order valence-electron chi connectivity index (χ0n) is 17.4. The Bertz CT molecular complexity index is 1090. The second-order valence-corrected chi connectivity index (χ2v) is 7.30. The molecule has 3 aromatic rings. The Labute approximate surface area is 186 Å². The average Bonchev–Trinajstić information content (AvgIpc) is 3.04. The van der Waals surface area contributed by atoms with Crippen molar-refractivity contribution in [1.29, 1.82) is 0 Å². The number of nitrogens with one attached hydrogen (secondary N) is 2. The number of benzene rings is 1.